The maximum Gasteiger partial charge on any atom is 0.170 e. The second-order valence-corrected chi connectivity index (χ2v) is 9.10. The molecule has 0 bridgehead atoms. The van der Waals surface area contributed by atoms with E-state index < -0.39 is 0 Å². The quantitative estimate of drug-likeness (QED) is 0.425. The number of thiocarbonyl (C=S) groups is 1. The number of aryl methyl sites for hydroxylation is 1. The van der Waals surface area contributed by atoms with Gasteiger partial charge in [-0.25, -0.2) is 0 Å². The molecule has 184 valence electrons. The highest BCUT2D eigenvalue weighted by Crippen LogP contribution is 2.38. The largest absolute Gasteiger partial charge is 0.497 e. The number of rotatable bonds is 8. The van der Waals surface area contributed by atoms with Gasteiger partial charge in [-0.3, -0.25) is 4.90 Å². The van der Waals surface area contributed by atoms with Crippen LogP contribution in [0.1, 0.15) is 28.3 Å². The van der Waals surface area contributed by atoms with Gasteiger partial charge < -0.3 is 24.8 Å². The van der Waals surface area contributed by atoms with Gasteiger partial charge in [0.25, 0.3) is 0 Å². The third-order valence-corrected chi connectivity index (χ3v) is 6.64. The van der Waals surface area contributed by atoms with E-state index in [4.69, 9.17) is 26.4 Å². The van der Waals surface area contributed by atoms with Crippen molar-refractivity contribution < 1.29 is 14.2 Å². The van der Waals surface area contributed by atoms with E-state index in [2.05, 4.69) is 58.9 Å². The third kappa shape index (κ3) is 6.05. The fourth-order valence-electron chi connectivity index (χ4n) is 4.56. The first-order valence-corrected chi connectivity index (χ1v) is 12.1. The van der Waals surface area contributed by atoms with Crippen LogP contribution in [0.4, 0.5) is 5.69 Å². The second kappa shape index (κ2) is 11.4. The second-order valence-electron chi connectivity index (χ2n) is 8.69. The van der Waals surface area contributed by atoms with E-state index in [-0.39, 0.29) is 6.04 Å². The van der Waals surface area contributed by atoms with E-state index in [1.807, 2.05) is 24.3 Å². The van der Waals surface area contributed by atoms with Crippen molar-refractivity contribution >= 4 is 23.0 Å². The van der Waals surface area contributed by atoms with Gasteiger partial charge in [0.15, 0.2) is 16.6 Å². The van der Waals surface area contributed by atoms with Gasteiger partial charge in [-0.05, 0) is 84.2 Å². The topological polar surface area (TPSA) is 55.0 Å². The number of nitrogens with zero attached hydrogens (tertiary/aromatic N) is 1. The highest BCUT2D eigenvalue weighted by atomic mass is 32.1. The molecule has 0 radical (unpaired) electrons. The zero-order valence-electron chi connectivity index (χ0n) is 20.8. The Bertz CT molecular complexity index is 1170. The first kappa shape index (κ1) is 24.8. The van der Waals surface area contributed by atoms with Crippen LogP contribution in [-0.2, 0) is 13.0 Å². The number of nitrogens with one attached hydrogen (secondary N) is 2. The van der Waals surface area contributed by atoms with Crippen molar-refractivity contribution in [3.8, 4) is 17.2 Å². The molecule has 1 heterocycles. The molecule has 3 aromatic rings. The summed E-state index contributed by atoms with van der Waals surface area (Å²) in [6, 6.07) is 20.8. The standard InChI is InChI=1S/C28H33N3O3S/c1-19-6-5-7-22(14-19)30-28(35)29-17-25-24-16-27(34-4)26(33-3)15-21(24)12-13-31(25)18-20-8-10-23(32-2)11-9-20/h5-11,14-16,25H,12-13,17-18H2,1-4H3,(H2,29,30,35)/t25-/m0/s1. The summed E-state index contributed by atoms with van der Waals surface area (Å²) in [5.74, 6) is 2.36. The molecule has 0 aliphatic carbocycles. The van der Waals surface area contributed by atoms with Crippen LogP contribution in [0.25, 0.3) is 0 Å². The summed E-state index contributed by atoms with van der Waals surface area (Å²) in [7, 11) is 5.04. The van der Waals surface area contributed by atoms with Crippen LogP contribution in [-0.4, -0.2) is 44.4 Å². The van der Waals surface area contributed by atoms with Gasteiger partial charge in [0, 0.05) is 25.3 Å². The molecule has 4 rings (SSSR count). The number of ether oxygens (including phenoxy) is 3. The predicted molar refractivity (Wildman–Crippen MR) is 145 cm³/mol. The average molecular weight is 492 g/mol. The Balaban J connectivity index is 1.56. The molecule has 0 unspecified atom stereocenters. The van der Waals surface area contributed by atoms with Gasteiger partial charge in [0.2, 0.25) is 0 Å². The molecule has 0 spiro atoms. The third-order valence-electron chi connectivity index (χ3n) is 6.39. The van der Waals surface area contributed by atoms with E-state index >= 15 is 0 Å². The fourth-order valence-corrected chi connectivity index (χ4v) is 4.76. The van der Waals surface area contributed by atoms with Crippen molar-refractivity contribution in [3.05, 3.63) is 82.9 Å². The number of fused-ring (bicyclic) bond motifs is 1. The smallest absolute Gasteiger partial charge is 0.170 e. The molecule has 35 heavy (non-hydrogen) atoms. The van der Waals surface area contributed by atoms with Gasteiger partial charge in [-0.2, -0.15) is 0 Å². The molecule has 2 N–H and O–H groups in total. The zero-order valence-corrected chi connectivity index (χ0v) is 21.6. The lowest BCUT2D eigenvalue weighted by Crippen LogP contribution is -2.42. The number of methoxy groups -OCH3 is 3. The molecule has 7 heteroatoms. The molecule has 0 saturated carbocycles. The molecule has 6 nitrogen and oxygen atoms in total. The van der Waals surface area contributed by atoms with Gasteiger partial charge in [0.05, 0.1) is 27.4 Å². The number of anilines is 1. The summed E-state index contributed by atoms with van der Waals surface area (Å²) in [6.45, 7) is 4.48. The predicted octanol–water partition coefficient (Wildman–Crippen LogP) is 5.11. The molecule has 0 saturated heterocycles. The Hall–Kier alpha value is -3.29. The maximum atomic E-state index is 5.63. The molecule has 0 amide bonds. The number of benzene rings is 3. The lowest BCUT2D eigenvalue weighted by atomic mass is 9.91. The van der Waals surface area contributed by atoms with Crippen molar-refractivity contribution in [3.63, 3.8) is 0 Å². The zero-order chi connectivity index (χ0) is 24.8. The van der Waals surface area contributed by atoms with Crippen LogP contribution in [0.5, 0.6) is 17.2 Å². The molecular formula is C28H33N3O3S. The fraction of sp³-hybridized carbons (Fsp3) is 0.321. The summed E-state index contributed by atoms with van der Waals surface area (Å²) in [4.78, 5) is 2.48. The average Bonchev–Trinajstić information content (AvgIpc) is 2.87. The van der Waals surface area contributed by atoms with Crippen LogP contribution in [0.2, 0.25) is 0 Å². The van der Waals surface area contributed by atoms with Gasteiger partial charge in [-0.15, -0.1) is 0 Å². The highest BCUT2D eigenvalue weighted by Gasteiger charge is 2.29. The van der Waals surface area contributed by atoms with Crippen LogP contribution in [0.3, 0.4) is 0 Å². The molecule has 1 aliphatic heterocycles. The first-order chi connectivity index (χ1) is 17.0. The van der Waals surface area contributed by atoms with Crippen LogP contribution < -0.4 is 24.8 Å². The minimum absolute atomic E-state index is 0.109. The Morgan fingerprint density at radius 2 is 1.71 bits per heavy atom. The van der Waals surface area contributed by atoms with Crippen molar-refractivity contribution in [2.45, 2.75) is 25.9 Å². The summed E-state index contributed by atoms with van der Waals surface area (Å²) in [5, 5.41) is 7.36. The van der Waals surface area contributed by atoms with Gasteiger partial charge in [-0.1, -0.05) is 24.3 Å². The van der Waals surface area contributed by atoms with E-state index in [0.717, 1.165) is 42.4 Å². The maximum absolute atomic E-state index is 5.63. The molecule has 0 aromatic heterocycles. The lowest BCUT2D eigenvalue weighted by molar-refractivity contribution is 0.176. The SMILES string of the molecule is COc1ccc(CN2CCc3cc(OC)c(OC)cc3[C@@H]2CNC(=S)Nc2cccc(C)c2)cc1. The molecule has 3 aromatic carbocycles. The monoisotopic (exact) mass is 491 g/mol. The summed E-state index contributed by atoms with van der Waals surface area (Å²) in [5.41, 5.74) is 5.91. The molecule has 1 atom stereocenters. The van der Waals surface area contributed by atoms with E-state index in [1.54, 1.807) is 21.3 Å². The van der Waals surface area contributed by atoms with Gasteiger partial charge in [0.1, 0.15) is 5.75 Å². The van der Waals surface area contributed by atoms with Crippen molar-refractivity contribution in [2.24, 2.45) is 0 Å². The van der Waals surface area contributed by atoms with E-state index in [9.17, 15) is 0 Å². The van der Waals surface area contributed by atoms with Crippen LogP contribution in [0, 0.1) is 6.92 Å². The van der Waals surface area contributed by atoms with Crippen LogP contribution in [0.15, 0.2) is 60.7 Å². The summed E-state index contributed by atoms with van der Waals surface area (Å²) >= 11 is 5.63. The minimum atomic E-state index is 0.109. The lowest BCUT2D eigenvalue weighted by Gasteiger charge is -2.38. The molecular weight excluding hydrogens is 458 g/mol. The Labute approximate surface area is 213 Å². The minimum Gasteiger partial charge on any atom is -0.497 e. The Morgan fingerprint density at radius 1 is 0.971 bits per heavy atom. The van der Waals surface area contributed by atoms with E-state index in [1.165, 1.54) is 22.3 Å². The molecule has 1 aliphatic rings. The van der Waals surface area contributed by atoms with E-state index in [0.29, 0.717) is 11.7 Å². The Kier molecular flexibility index (Phi) is 8.10. The number of hydrogen-bond acceptors (Lipinski definition) is 5. The first-order valence-electron chi connectivity index (χ1n) is 11.7. The van der Waals surface area contributed by atoms with Crippen molar-refractivity contribution in [1.29, 1.82) is 0 Å². The Morgan fingerprint density at radius 3 is 2.40 bits per heavy atom. The highest BCUT2D eigenvalue weighted by molar-refractivity contribution is 7.80. The van der Waals surface area contributed by atoms with Gasteiger partial charge >= 0.3 is 0 Å². The van der Waals surface area contributed by atoms with Crippen molar-refractivity contribution in [2.75, 3.05) is 39.7 Å². The number of hydrogen-bond donors (Lipinski definition) is 2. The summed E-state index contributed by atoms with van der Waals surface area (Å²) < 4.78 is 16.5. The normalized spacial score (nSPS) is 15.1. The van der Waals surface area contributed by atoms with Crippen molar-refractivity contribution in [1.82, 2.24) is 10.2 Å². The van der Waals surface area contributed by atoms with Crippen LogP contribution >= 0.6 is 12.2 Å². The molecule has 0 fully saturated rings. The summed E-state index contributed by atoms with van der Waals surface area (Å²) in [6.07, 6.45) is 0.939.